The third-order valence-corrected chi connectivity index (χ3v) is 10.8. The molecule has 1 saturated heterocycles. The van der Waals surface area contributed by atoms with E-state index in [-0.39, 0.29) is 6.10 Å². The van der Waals surface area contributed by atoms with E-state index >= 15 is 0 Å². The lowest BCUT2D eigenvalue weighted by molar-refractivity contribution is -0.129. The zero-order valence-electron chi connectivity index (χ0n) is 18.6. The standard InChI is InChI=1S/C26H42O2/c1-5-6-7-22-16(2)24-23(28-22)15-21-19-9-8-17-14-18(27)10-12-25(17,3)20(19)11-13-26(21,24)4/h5-6,16-24,27H,7-15H2,1-4H3. The van der Waals surface area contributed by atoms with Gasteiger partial charge in [0.05, 0.1) is 18.3 Å². The highest BCUT2D eigenvalue weighted by molar-refractivity contribution is 5.14. The van der Waals surface area contributed by atoms with Gasteiger partial charge in [0.2, 0.25) is 0 Å². The first-order chi connectivity index (χ1) is 13.4. The van der Waals surface area contributed by atoms with Crippen LogP contribution in [0.3, 0.4) is 0 Å². The van der Waals surface area contributed by atoms with Gasteiger partial charge in [-0.3, -0.25) is 0 Å². The molecule has 0 bridgehead atoms. The second-order valence-electron chi connectivity index (χ2n) is 11.8. The van der Waals surface area contributed by atoms with Crippen molar-refractivity contribution in [1.29, 1.82) is 0 Å². The van der Waals surface area contributed by atoms with Gasteiger partial charge in [-0.1, -0.05) is 32.9 Å². The van der Waals surface area contributed by atoms with Gasteiger partial charge in [-0.2, -0.15) is 0 Å². The second-order valence-corrected chi connectivity index (χ2v) is 11.8. The van der Waals surface area contributed by atoms with Crippen LogP contribution in [-0.4, -0.2) is 23.4 Å². The Morgan fingerprint density at radius 3 is 2.57 bits per heavy atom. The van der Waals surface area contributed by atoms with Crippen LogP contribution in [0.25, 0.3) is 0 Å². The number of aliphatic hydroxyl groups is 1. The molecule has 28 heavy (non-hydrogen) atoms. The number of hydrogen-bond acceptors (Lipinski definition) is 2. The third-order valence-electron chi connectivity index (χ3n) is 10.8. The molecule has 5 aliphatic rings. The SMILES string of the molecule is CC=CCC1OC2CC3C4CCC5CC(O)CCC5(C)C4CCC3(C)C2C1C. The summed E-state index contributed by atoms with van der Waals surface area (Å²) in [4.78, 5) is 0. The summed E-state index contributed by atoms with van der Waals surface area (Å²) in [6, 6.07) is 0. The smallest absolute Gasteiger partial charge is 0.0642 e. The van der Waals surface area contributed by atoms with E-state index in [0.29, 0.717) is 29.0 Å². The quantitative estimate of drug-likeness (QED) is 0.591. The van der Waals surface area contributed by atoms with Crippen molar-refractivity contribution in [3.05, 3.63) is 12.2 Å². The van der Waals surface area contributed by atoms with Crippen LogP contribution in [0.4, 0.5) is 0 Å². The zero-order valence-corrected chi connectivity index (χ0v) is 18.6. The molecule has 158 valence electrons. The molecule has 0 aromatic carbocycles. The van der Waals surface area contributed by atoms with Crippen molar-refractivity contribution in [2.75, 3.05) is 0 Å². The van der Waals surface area contributed by atoms with Crippen molar-refractivity contribution in [3.8, 4) is 0 Å². The van der Waals surface area contributed by atoms with Crippen LogP contribution in [0, 0.1) is 46.3 Å². The zero-order chi connectivity index (χ0) is 19.7. The number of hydrogen-bond donors (Lipinski definition) is 1. The largest absolute Gasteiger partial charge is 0.393 e. The Bertz CT molecular complexity index is 628. The fourth-order valence-electron chi connectivity index (χ4n) is 9.46. The van der Waals surface area contributed by atoms with E-state index < -0.39 is 0 Å². The molecule has 11 atom stereocenters. The van der Waals surface area contributed by atoms with Gasteiger partial charge in [0.25, 0.3) is 0 Å². The van der Waals surface area contributed by atoms with Gasteiger partial charge in [0, 0.05) is 0 Å². The molecule has 0 amide bonds. The number of ether oxygens (including phenoxy) is 1. The Morgan fingerprint density at radius 1 is 1.00 bits per heavy atom. The highest BCUT2D eigenvalue weighted by Crippen LogP contribution is 2.70. The Hall–Kier alpha value is -0.340. The summed E-state index contributed by atoms with van der Waals surface area (Å²) >= 11 is 0. The first kappa shape index (κ1) is 19.6. The molecule has 11 unspecified atom stereocenters. The molecule has 0 aromatic heterocycles. The molecule has 2 nitrogen and oxygen atoms in total. The van der Waals surface area contributed by atoms with Crippen LogP contribution in [-0.2, 0) is 4.74 Å². The molecule has 2 heteroatoms. The summed E-state index contributed by atoms with van der Waals surface area (Å²) in [5.74, 6) is 4.91. The lowest BCUT2D eigenvalue weighted by Crippen LogP contribution is -2.54. The molecule has 0 spiro atoms. The molecule has 0 aromatic rings. The number of allylic oxidation sites excluding steroid dienone is 1. The third kappa shape index (κ3) is 2.66. The average Bonchev–Trinajstić information content (AvgIpc) is 3.14. The fourth-order valence-corrected chi connectivity index (χ4v) is 9.46. The molecular formula is C26H42O2. The van der Waals surface area contributed by atoms with Crippen LogP contribution in [0.1, 0.15) is 85.5 Å². The van der Waals surface area contributed by atoms with Crippen molar-refractivity contribution in [1.82, 2.24) is 0 Å². The second kappa shape index (κ2) is 6.84. The van der Waals surface area contributed by atoms with Gasteiger partial charge in [-0.25, -0.2) is 0 Å². The maximum Gasteiger partial charge on any atom is 0.0642 e. The lowest BCUT2D eigenvalue weighted by Gasteiger charge is -2.61. The average molecular weight is 387 g/mol. The van der Waals surface area contributed by atoms with E-state index in [0.717, 1.165) is 48.9 Å². The highest BCUT2D eigenvalue weighted by atomic mass is 16.5. The normalized spacial score (nSPS) is 58.2. The first-order valence-electron chi connectivity index (χ1n) is 12.3. The van der Waals surface area contributed by atoms with E-state index in [4.69, 9.17) is 4.74 Å². The minimum atomic E-state index is -0.0299. The number of fused-ring (bicyclic) bond motifs is 7. The van der Waals surface area contributed by atoms with Gasteiger partial charge in [-0.15, -0.1) is 0 Å². The van der Waals surface area contributed by atoms with Gasteiger partial charge in [0.1, 0.15) is 0 Å². The van der Waals surface area contributed by atoms with Crippen LogP contribution >= 0.6 is 0 Å². The highest BCUT2D eigenvalue weighted by Gasteiger charge is 2.65. The van der Waals surface area contributed by atoms with Crippen molar-refractivity contribution in [2.24, 2.45) is 46.3 Å². The van der Waals surface area contributed by atoms with Crippen LogP contribution in [0.2, 0.25) is 0 Å². The summed E-state index contributed by atoms with van der Waals surface area (Å²) in [5.41, 5.74) is 0.982. The van der Waals surface area contributed by atoms with E-state index in [2.05, 4.69) is 39.8 Å². The lowest BCUT2D eigenvalue weighted by atomic mass is 9.44. The van der Waals surface area contributed by atoms with Crippen molar-refractivity contribution < 1.29 is 9.84 Å². The molecule has 1 aliphatic heterocycles. The van der Waals surface area contributed by atoms with Crippen LogP contribution < -0.4 is 0 Å². The van der Waals surface area contributed by atoms with E-state index in [1.165, 1.54) is 38.5 Å². The maximum atomic E-state index is 10.3. The van der Waals surface area contributed by atoms with Crippen molar-refractivity contribution in [3.63, 3.8) is 0 Å². The van der Waals surface area contributed by atoms with Crippen LogP contribution in [0.5, 0.6) is 0 Å². The Balaban J connectivity index is 1.38. The predicted octanol–water partition coefficient (Wildman–Crippen LogP) is 5.99. The molecule has 4 aliphatic carbocycles. The maximum absolute atomic E-state index is 10.3. The summed E-state index contributed by atoms with van der Waals surface area (Å²) < 4.78 is 6.70. The van der Waals surface area contributed by atoms with Gasteiger partial charge in [-0.05, 0) is 111 Å². The van der Waals surface area contributed by atoms with Gasteiger partial charge in [0.15, 0.2) is 0 Å². The first-order valence-corrected chi connectivity index (χ1v) is 12.3. The molecular weight excluding hydrogens is 344 g/mol. The Labute approximate surface area is 172 Å². The van der Waals surface area contributed by atoms with Crippen LogP contribution in [0.15, 0.2) is 12.2 Å². The fraction of sp³-hybridized carbons (Fsp3) is 0.923. The molecule has 5 rings (SSSR count). The number of aliphatic hydroxyl groups excluding tert-OH is 1. The molecule has 0 radical (unpaired) electrons. The Kier molecular flexibility index (Phi) is 4.79. The van der Waals surface area contributed by atoms with E-state index in [9.17, 15) is 5.11 Å². The molecule has 1 N–H and O–H groups in total. The van der Waals surface area contributed by atoms with E-state index in [1.807, 2.05) is 0 Å². The minimum absolute atomic E-state index is 0.0299. The molecule has 5 fully saturated rings. The molecule has 4 saturated carbocycles. The summed E-state index contributed by atoms with van der Waals surface area (Å²) in [5, 5.41) is 10.3. The molecule has 1 heterocycles. The summed E-state index contributed by atoms with van der Waals surface area (Å²) in [6.45, 7) is 9.86. The summed E-state index contributed by atoms with van der Waals surface area (Å²) in [6.07, 6.45) is 16.8. The van der Waals surface area contributed by atoms with Crippen molar-refractivity contribution in [2.45, 2.75) is 104 Å². The summed E-state index contributed by atoms with van der Waals surface area (Å²) in [7, 11) is 0. The number of rotatable bonds is 2. The van der Waals surface area contributed by atoms with Crippen molar-refractivity contribution >= 4 is 0 Å². The van der Waals surface area contributed by atoms with Gasteiger partial charge >= 0.3 is 0 Å². The monoisotopic (exact) mass is 386 g/mol. The van der Waals surface area contributed by atoms with Gasteiger partial charge < -0.3 is 9.84 Å². The predicted molar refractivity (Wildman–Crippen MR) is 114 cm³/mol. The topological polar surface area (TPSA) is 29.5 Å². The minimum Gasteiger partial charge on any atom is -0.393 e. The van der Waals surface area contributed by atoms with E-state index in [1.54, 1.807) is 0 Å². The Morgan fingerprint density at radius 2 is 1.79 bits per heavy atom.